The number of nitrogens with one attached hydrogen (secondary N) is 1. The average molecular weight is 291 g/mol. The lowest BCUT2D eigenvalue weighted by Gasteiger charge is -2.20. The molecule has 0 aromatic heterocycles. The Morgan fingerprint density at radius 1 is 1.43 bits per heavy atom. The number of para-hydroxylation sites is 1. The minimum absolute atomic E-state index is 0.160. The second-order valence-electron chi connectivity index (χ2n) is 4.77. The molecule has 0 heterocycles. The predicted molar refractivity (Wildman–Crippen MR) is 80.5 cm³/mol. The first-order valence-electron chi connectivity index (χ1n) is 6.87. The molecule has 2 N–H and O–H groups in total. The minimum atomic E-state index is -1.04. The van der Waals surface area contributed by atoms with Crippen molar-refractivity contribution in [1.82, 2.24) is 5.32 Å². The molecular formula is C16H21NO4. The third kappa shape index (κ3) is 4.63. The third-order valence-electron chi connectivity index (χ3n) is 3.25. The molecule has 1 amide bonds. The van der Waals surface area contributed by atoms with Crippen molar-refractivity contribution in [3.8, 4) is 5.75 Å². The molecule has 0 aliphatic carbocycles. The molecule has 21 heavy (non-hydrogen) atoms. The lowest BCUT2D eigenvalue weighted by molar-refractivity contribution is -0.140. The van der Waals surface area contributed by atoms with E-state index in [2.05, 4.69) is 11.9 Å². The maximum absolute atomic E-state index is 12.3. The van der Waals surface area contributed by atoms with Crippen LogP contribution in [0.3, 0.4) is 0 Å². The van der Waals surface area contributed by atoms with Gasteiger partial charge in [-0.2, -0.15) is 0 Å². The number of benzene rings is 1. The van der Waals surface area contributed by atoms with Gasteiger partial charge in [0.2, 0.25) is 0 Å². The van der Waals surface area contributed by atoms with Crippen molar-refractivity contribution in [2.24, 2.45) is 5.92 Å². The highest BCUT2D eigenvalue weighted by Gasteiger charge is 2.26. The summed E-state index contributed by atoms with van der Waals surface area (Å²) in [6, 6.07) is 5.79. The second kappa shape index (κ2) is 8.09. The van der Waals surface area contributed by atoms with E-state index in [1.54, 1.807) is 37.3 Å². The summed E-state index contributed by atoms with van der Waals surface area (Å²) in [5.74, 6) is -1.25. The zero-order valence-corrected chi connectivity index (χ0v) is 12.3. The van der Waals surface area contributed by atoms with Crippen molar-refractivity contribution in [2.75, 3.05) is 6.61 Å². The van der Waals surface area contributed by atoms with E-state index in [0.717, 1.165) is 0 Å². The Kier molecular flexibility index (Phi) is 6.46. The van der Waals surface area contributed by atoms with E-state index < -0.39 is 17.9 Å². The first-order chi connectivity index (χ1) is 10.0. The van der Waals surface area contributed by atoms with Crippen LogP contribution in [-0.2, 0) is 4.79 Å². The van der Waals surface area contributed by atoms with Crippen molar-refractivity contribution in [2.45, 2.75) is 26.3 Å². The molecule has 0 fully saturated rings. The van der Waals surface area contributed by atoms with E-state index in [0.29, 0.717) is 17.7 Å². The molecule has 0 spiro atoms. The fraction of sp³-hybridized carbons (Fsp3) is 0.375. The second-order valence-corrected chi connectivity index (χ2v) is 4.77. The molecule has 1 aromatic rings. The van der Waals surface area contributed by atoms with Gasteiger partial charge in [-0.1, -0.05) is 45.1 Å². The number of rotatable bonds is 8. The van der Waals surface area contributed by atoms with Crippen LogP contribution in [0.25, 0.3) is 0 Å². The molecule has 0 aliphatic heterocycles. The Hall–Kier alpha value is -2.30. The lowest BCUT2D eigenvalue weighted by Crippen LogP contribution is -2.45. The van der Waals surface area contributed by atoms with Gasteiger partial charge < -0.3 is 15.2 Å². The number of amides is 1. The average Bonchev–Trinajstić information content (AvgIpc) is 2.49. The molecule has 0 saturated heterocycles. The summed E-state index contributed by atoms with van der Waals surface area (Å²) < 4.78 is 5.41. The molecule has 2 unspecified atom stereocenters. The molecule has 5 nitrogen and oxygen atoms in total. The van der Waals surface area contributed by atoms with Gasteiger partial charge in [-0.25, -0.2) is 4.79 Å². The predicted octanol–water partition coefficient (Wildman–Crippen LogP) is 2.48. The van der Waals surface area contributed by atoms with Crippen LogP contribution in [0.15, 0.2) is 36.9 Å². The molecule has 0 bridgehead atoms. The Balaban J connectivity index is 2.92. The van der Waals surface area contributed by atoms with Crippen LogP contribution in [0.1, 0.15) is 30.6 Å². The van der Waals surface area contributed by atoms with Gasteiger partial charge in [0.25, 0.3) is 5.91 Å². The lowest BCUT2D eigenvalue weighted by atomic mass is 9.99. The van der Waals surface area contributed by atoms with Crippen LogP contribution in [0, 0.1) is 5.92 Å². The van der Waals surface area contributed by atoms with Crippen LogP contribution in [0.5, 0.6) is 5.75 Å². The smallest absolute Gasteiger partial charge is 0.326 e. The maximum Gasteiger partial charge on any atom is 0.326 e. The molecule has 0 saturated carbocycles. The molecule has 0 aliphatic rings. The van der Waals surface area contributed by atoms with Crippen molar-refractivity contribution in [1.29, 1.82) is 0 Å². The number of aliphatic carboxylic acids is 1. The maximum atomic E-state index is 12.3. The van der Waals surface area contributed by atoms with E-state index in [4.69, 9.17) is 4.74 Å². The normalized spacial score (nSPS) is 13.0. The number of carboxylic acids is 1. The summed E-state index contributed by atoms with van der Waals surface area (Å²) in [5, 5.41) is 11.8. The van der Waals surface area contributed by atoms with Crippen LogP contribution in [-0.4, -0.2) is 29.6 Å². The van der Waals surface area contributed by atoms with E-state index in [1.807, 2.05) is 6.92 Å². The van der Waals surface area contributed by atoms with Crippen molar-refractivity contribution in [3.05, 3.63) is 42.5 Å². The number of carboxylic acid groups (broad SMARTS) is 1. The summed E-state index contributed by atoms with van der Waals surface area (Å²) in [6.07, 6.45) is 2.24. The molecule has 1 aromatic carbocycles. The Bertz CT molecular complexity index is 513. The quantitative estimate of drug-likeness (QED) is 0.721. The summed E-state index contributed by atoms with van der Waals surface area (Å²) in [7, 11) is 0. The van der Waals surface area contributed by atoms with Crippen LogP contribution in [0.2, 0.25) is 0 Å². The number of hydrogen-bond donors (Lipinski definition) is 2. The third-order valence-corrected chi connectivity index (χ3v) is 3.25. The fourth-order valence-corrected chi connectivity index (χ4v) is 1.83. The van der Waals surface area contributed by atoms with E-state index in [1.165, 1.54) is 0 Å². The van der Waals surface area contributed by atoms with Crippen LogP contribution >= 0.6 is 0 Å². The van der Waals surface area contributed by atoms with Crippen molar-refractivity contribution >= 4 is 11.9 Å². The highest BCUT2D eigenvalue weighted by atomic mass is 16.5. The summed E-state index contributed by atoms with van der Waals surface area (Å²) >= 11 is 0. The van der Waals surface area contributed by atoms with Gasteiger partial charge >= 0.3 is 5.97 Å². The van der Waals surface area contributed by atoms with Gasteiger partial charge in [0.05, 0.1) is 5.56 Å². The van der Waals surface area contributed by atoms with Gasteiger partial charge in [-0.05, 0) is 18.1 Å². The molecular weight excluding hydrogens is 270 g/mol. The monoisotopic (exact) mass is 291 g/mol. The number of hydrogen-bond acceptors (Lipinski definition) is 3. The largest absolute Gasteiger partial charge is 0.489 e. The van der Waals surface area contributed by atoms with E-state index >= 15 is 0 Å². The molecule has 114 valence electrons. The first-order valence-corrected chi connectivity index (χ1v) is 6.87. The van der Waals surface area contributed by atoms with Gasteiger partial charge in [-0.15, -0.1) is 0 Å². The number of ether oxygens (including phenoxy) is 1. The molecule has 5 heteroatoms. The van der Waals surface area contributed by atoms with Crippen LogP contribution in [0.4, 0.5) is 0 Å². The zero-order chi connectivity index (χ0) is 15.8. The van der Waals surface area contributed by atoms with Crippen molar-refractivity contribution < 1.29 is 19.4 Å². The fourth-order valence-electron chi connectivity index (χ4n) is 1.83. The van der Waals surface area contributed by atoms with Gasteiger partial charge in [0.15, 0.2) is 0 Å². The molecule has 2 atom stereocenters. The van der Waals surface area contributed by atoms with Gasteiger partial charge in [-0.3, -0.25) is 4.79 Å². The minimum Gasteiger partial charge on any atom is -0.489 e. The summed E-state index contributed by atoms with van der Waals surface area (Å²) in [4.78, 5) is 23.5. The van der Waals surface area contributed by atoms with E-state index in [-0.39, 0.29) is 12.5 Å². The zero-order valence-electron chi connectivity index (χ0n) is 12.3. The standard InChI is InChI=1S/C16H21NO4/c1-4-10-21-13-9-7-6-8-12(13)15(18)17-14(16(19)20)11(3)5-2/h4,6-9,11,14H,1,5,10H2,2-3H3,(H,17,18)(H,19,20). The highest BCUT2D eigenvalue weighted by Crippen LogP contribution is 2.19. The Labute approximate surface area is 124 Å². The molecule has 1 rings (SSSR count). The Morgan fingerprint density at radius 3 is 2.67 bits per heavy atom. The highest BCUT2D eigenvalue weighted by molar-refractivity contribution is 5.98. The van der Waals surface area contributed by atoms with Gasteiger partial charge in [0.1, 0.15) is 18.4 Å². The van der Waals surface area contributed by atoms with Crippen molar-refractivity contribution in [3.63, 3.8) is 0 Å². The first kappa shape index (κ1) is 16.8. The summed E-state index contributed by atoms with van der Waals surface area (Å²) in [5.41, 5.74) is 0.314. The Morgan fingerprint density at radius 2 is 2.10 bits per heavy atom. The van der Waals surface area contributed by atoms with Gasteiger partial charge in [0, 0.05) is 0 Å². The number of carbonyl (C=O) groups excluding carboxylic acids is 1. The number of carbonyl (C=O) groups is 2. The molecule has 0 radical (unpaired) electrons. The van der Waals surface area contributed by atoms with E-state index in [9.17, 15) is 14.7 Å². The topological polar surface area (TPSA) is 75.6 Å². The SMILES string of the molecule is C=CCOc1ccccc1C(=O)NC(C(=O)O)C(C)CC. The van der Waals surface area contributed by atoms with Crippen LogP contribution < -0.4 is 10.1 Å². The summed E-state index contributed by atoms with van der Waals surface area (Å²) in [6.45, 7) is 7.50.